The van der Waals surface area contributed by atoms with Gasteiger partial charge in [-0.25, -0.2) is 0 Å². The molecule has 1 aliphatic carbocycles. The maximum atomic E-state index is 13.3. The molecule has 2 aliphatic rings. The first-order chi connectivity index (χ1) is 15.6. The fourth-order valence-electron chi connectivity index (χ4n) is 5.10. The van der Waals surface area contributed by atoms with Crippen LogP contribution in [0.5, 0.6) is 0 Å². The van der Waals surface area contributed by atoms with E-state index < -0.39 is 0 Å². The zero-order valence-corrected chi connectivity index (χ0v) is 19.5. The monoisotopic (exact) mass is 449 g/mol. The van der Waals surface area contributed by atoms with Gasteiger partial charge in [-0.2, -0.15) is 0 Å². The Balaban J connectivity index is 1.31. The number of hydrogen-bond acceptors (Lipinski definition) is 2. The van der Waals surface area contributed by atoms with E-state index >= 15 is 0 Å². The molecule has 168 valence electrons. The maximum Gasteiger partial charge on any atom is 0.268 e. The van der Waals surface area contributed by atoms with Gasteiger partial charge in [0.2, 0.25) is 0 Å². The van der Waals surface area contributed by atoms with Crippen molar-refractivity contribution in [3.05, 3.63) is 64.3 Å². The fourth-order valence-corrected chi connectivity index (χ4v) is 5.28. The van der Waals surface area contributed by atoms with Crippen LogP contribution in [0.4, 0.5) is 5.69 Å². The Kier molecular flexibility index (Phi) is 6.14. The summed E-state index contributed by atoms with van der Waals surface area (Å²) in [5.74, 6) is 0.570. The number of aryl methyl sites for hydroxylation is 1. The minimum atomic E-state index is -0.00370. The number of benzene rings is 2. The van der Waals surface area contributed by atoms with E-state index in [9.17, 15) is 4.79 Å². The number of nitrogens with one attached hydrogen (secondary N) is 2. The number of piperidine rings is 1. The van der Waals surface area contributed by atoms with Crippen molar-refractivity contribution in [1.29, 1.82) is 0 Å². The van der Waals surface area contributed by atoms with Crippen LogP contribution >= 0.6 is 11.6 Å². The topological polar surface area (TPSA) is 48.1 Å². The molecule has 1 saturated heterocycles. The van der Waals surface area contributed by atoms with Gasteiger partial charge in [-0.1, -0.05) is 30.7 Å². The Bertz CT molecular complexity index is 1090. The zero-order valence-electron chi connectivity index (χ0n) is 18.8. The molecule has 1 atom stereocenters. The quantitative estimate of drug-likeness (QED) is 0.456. The van der Waals surface area contributed by atoms with Gasteiger partial charge in [-0.05, 0) is 92.3 Å². The number of halogens is 1. The number of carbonyl (C=O) groups excluding carboxylic acids is 1. The lowest BCUT2D eigenvalue weighted by Crippen LogP contribution is -2.38. The van der Waals surface area contributed by atoms with Crippen LogP contribution < -0.4 is 10.2 Å². The Hall–Kier alpha value is -2.46. The first-order valence-corrected chi connectivity index (χ1v) is 12.4. The molecule has 2 aromatic carbocycles. The van der Waals surface area contributed by atoms with Crippen molar-refractivity contribution >= 4 is 34.1 Å². The summed E-state index contributed by atoms with van der Waals surface area (Å²) in [7, 11) is 0. The number of amides is 1. The van der Waals surface area contributed by atoms with E-state index in [4.69, 9.17) is 11.6 Å². The van der Waals surface area contributed by atoms with Gasteiger partial charge in [0.15, 0.2) is 0 Å². The summed E-state index contributed by atoms with van der Waals surface area (Å²) < 4.78 is 0. The second kappa shape index (κ2) is 9.19. The molecular formula is C27H32ClN3O. The molecule has 2 fully saturated rings. The van der Waals surface area contributed by atoms with Gasteiger partial charge < -0.3 is 15.2 Å². The first kappa shape index (κ1) is 21.4. The molecule has 4 nitrogen and oxygen atoms in total. The number of aromatic nitrogens is 1. The highest BCUT2D eigenvalue weighted by Crippen LogP contribution is 2.35. The van der Waals surface area contributed by atoms with Crippen LogP contribution in [-0.2, 0) is 12.8 Å². The minimum absolute atomic E-state index is 0.00370. The van der Waals surface area contributed by atoms with Crippen LogP contribution in [0.1, 0.15) is 60.6 Å². The second-order valence-corrected chi connectivity index (χ2v) is 9.79. The third kappa shape index (κ3) is 4.52. The molecule has 0 bridgehead atoms. The highest BCUT2D eigenvalue weighted by molar-refractivity contribution is 6.31. The lowest BCUT2D eigenvalue weighted by atomic mass is 10.0. The number of aromatic amines is 1. The summed E-state index contributed by atoms with van der Waals surface area (Å²) in [5, 5.41) is 5.10. The Morgan fingerprint density at radius 3 is 2.56 bits per heavy atom. The molecule has 1 amide bonds. The fraction of sp³-hybridized carbons (Fsp3) is 0.444. The van der Waals surface area contributed by atoms with Crippen LogP contribution in [0, 0.1) is 5.92 Å². The predicted molar refractivity (Wildman–Crippen MR) is 133 cm³/mol. The first-order valence-electron chi connectivity index (χ1n) is 12.1. The lowest BCUT2D eigenvalue weighted by Gasteiger charge is -2.29. The van der Waals surface area contributed by atoms with Crippen LogP contribution in [0.15, 0.2) is 42.5 Å². The highest BCUT2D eigenvalue weighted by atomic mass is 35.5. The highest BCUT2D eigenvalue weighted by Gasteiger charge is 2.33. The zero-order chi connectivity index (χ0) is 22.1. The van der Waals surface area contributed by atoms with Crippen molar-refractivity contribution in [1.82, 2.24) is 10.3 Å². The summed E-state index contributed by atoms with van der Waals surface area (Å²) in [5.41, 5.74) is 5.30. The van der Waals surface area contributed by atoms with Crippen molar-refractivity contribution < 1.29 is 4.79 Å². The lowest BCUT2D eigenvalue weighted by molar-refractivity contribution is 0.0927. The minimum Gasteiger partial charge on any atom is -0.372 e. The van der Waals surface area contributed by atoms with Gasteiger partial charge >= 0.3 is 0 Å². The van der Waals surface area contributed by atoms with Crippen molar-refractivity contribution in [3.63, 3.8) is 0 Å². The summed E-state index contributed by atoms with van der Waals surface area (Å²) in [6.45, 7) is 4.41. The largest absolute Gasteiger partial charge is 0.372 e. The third-order valence-corrected chi connectivity index (χ3v) is 7.30. The molecule has 3 aromatic rings. The molecule has 2 heterocycles. The van der Waals surface area contributed by atoms with E-state index in [1.54, 1.807) is 0 Å². The van der Waals surface area contributed by atoms with Gasteiger partial charge in [0, 0.05) is 40.7 Å². The van der Waals surface area contributed by atoms with E-state index in [2.05, 4.69) is 46.4 Å². The Morgan fingerprint density at radius 2 is 1.88 bits per heavy atom. The average Bonchev–Trinajstić information content (AvgIpc) is 3.60. The second-order valence-electron chi connectivity index (χ2n) is 9.36. The van der Waals surface area contributed by atoms with E-state index in [1.807, 2.05) is 18.2 Å². The normalized spacial score (nSPS) is 17.5. The van der Waals surface area contributed by atoms with E-state index in [0.717, 1.165) is 42.4 Å². The Morgan fingerprint density at radius 1 is 1.12 bits per heavy atom. The molecule has 2 N–H and O–H groups in total. The number of nitrogens with zero attached hydrogens (tertiary/aromatic N) is 1. The molecule has 5 heteroatoms. The van der Waals surface area contributed by atoms with Crippen molar-refractivity contribution in [2.24, 2.45) is 5.92 Å². The smallest absolute Gasteiger partial charge is 0.268 e. The number of fused-ring (bicyclic) bond motifs is 1. The van der Waals surface area contributed by atoms with Crippen LogP contribution in [0.25, 0.3) is 10.9 Å². The average molecular weight is 450 g/mol. The van der Waals surface area contributed by atoms with E-state index in [1.165, 1.54) is 43.4 Å². The molecule has 0 spiro atoms. The summed E-state index contributed by atoms with van der Waals surface area (Å²) >= 11 is 6.20. The summed E-state index contributed by atoms with van der Waals surface area (Å²) in [6, 6.07) is 14.9. The number of carbonyl (C=O) groups is 1. The molecule has 5 rings (SSSR count). The van der Waals surface area contributed by atoms with E-state index in [-0.39, 0.29) is 11.9 Å². The van der Waals surface area contributed by atoms with E-state index in [0.29, 0.717) is 16.6 Å². The SMILES string of the molecule is CCc1c(C(=O)NC(Cc2ccc(N3CCCCC3)cc2)C2CC2)[nH]c2ccc(Cl)cc12. The molecule has 1 aliphatic heterocycles. The van der Waals surface area contributed by atoms with Crippen LogP contribution in [0.2, 0.25) is 5.02 Å². The molecule has 1 aromatic heterocycles. The maximum absolute atomic E-state index is 13.3. The van der Waals surface area contributed by atoms with Gasteiger partial charge in [0.05, 0.1) is 0 Å². The van der Waals surface area contributed by atoms with Crippen molar-refractivity contribution in [2.75, 3.05) is 18.0 Å². The predicted octanol–water partition coefficient (Wildman–Crippen LogP) is 6.13. The Labute approximate surface area is 195 Å². The van der Waals surface area contributed by atoms with Crippen LogP contribution in [-0.4, -0.2) is 30.0 Å². The summed E-state index contributed by atoms with van der Waals surface area (Å²) in [6.07, 6.45) is 7.98. The molecular weight excluding hydrogens is 418 g/mol. The number of anilines is 1. The molecule has 1 saturated carbocycles. The summed E-state index contributed by atoms with van der Waals surface area (Å²) in [4.78, 5) is 19.1. The molecule has 32 heavy (non-hydrogen) atoms. The van der Waals surface area contributed by atoms with Gasteiger partial charge in [0.1, 0.15) is 5.69 Å². The molecule has 1 unspecified atom stereocenters. The van der Waals surface area contributed by atoms with Gasteiger partial charge in [0.25, 0.3) is 5.91 Å². The number of rotatable bonds is 7. The van der Waals surface area contributed by atoms with Gasteiger partial charge in [-0.3, -0.25) is 4.79 Å². The third-order valence-electron chi connectivity index (χ3n) is 7.07. The standard InChI is InChI=1S/C27H32ClN3O/c1-2-22-23-17-20(28)10-13-24(23)29-26(22)27(32)30-25(19-8-9-19)16-18-6-11-21(12-7-18)31-14-4-3-5-15-31/h6-7,10-13,17,19,25,29H,2-5,8-9,14-16H2,1H3,(H,30,32). The molecule has 0 radical (unpaired) electrons. The van der Waals surface area contributed by atoms with Gasteiger partial charge in [-0.15, -0.1) is 0 Å². The van der Waals surface area contributed by atoms with Crippen molar-refractivity contribution in [3.8, 4) is 0 Å². The van der Waals surface area contributed by atoms with Crippen LogP contribution in [0.3, 0.4) is 0 Å². The number of H-pyrrole nitrogens is 1. The van der Waals surface area contributed by atoms with Crippen molar-refractivity contribution in [2.45, 2.75) is 57.9 Å². The number of hydrogen-bond donors (Lipinski definition) is 2.